The number of aliphatic hydroxyl groups is 1. The van der Waals surface area contributed by atoms with Crippen LogP contribution in [0.4, 0.5) is 0 Å². The lowest BCUT2D eigenvalue weighted by atomic mass is 10.0. The Morgan fingerprint density at radius 1 is 0.968 bits per heavy atom. The van der Waals surface area contributed by atoms with Crippen LogP contribution >= 0.6 is 23.2 Å². The zero-order chi connectivity index (χ0) is 22.4. The van der Waals surface area contributed by atoms with Crippen LogP contribution in [0.25, 0.3) is 11.1 Å². The highest BCUT2D eigenvalue weighted by atomic mass is 35.5. The van der Waals surface area contributed by atoms with Gasteiger partial charge in [0.1, 0.15) is 23.3 Å². The average molecular weight is 462 g/mol. The lowest BCUT2D eigenvalue weighted by Gasteiger charge is -2.15. The third-order valence-electron chi connectivity index (χ3n) is 4.57. The SMILES string of the molecule is COc1cc(-c2ccc(Oc3cc(Cl)cc(Cl)c3)cc2)ccc1CN[C@H](CO)C(=O)O. The fraction of sp³-hybridized carbons (Fsp3) is 0.174. The van der Waals surface area contributed by atoms with Crippen LogP contribution in [0.5, 0.6) is 17.2 Å². The molecule has 0 aliphatic heterocycles. The van der Waals surface area contributed by atoms with Crippen molar-refractivity contribution < 1.29 is 24.5 Å². The molecule has 0 fully saturated rings. The number of carboxylic acids is 1. The van der Waals surface area contributed by atoms with E-state index in [1.807, 2.05) is 42.5 Å². The van der Waals surface area contributed by atoms with Crippen molar-refractivity contribution in [2.75, 3.05) is 13.7 Å². The number of ether oxygens (including phenoxy) is 2. The van der Waals surface area contributed by atoms with Crippen LogP contribution in [0.2, 0.25) is 10.0 Å². The first-order valence-electron chi connectivity index (χ1n) is 9.38. The van der Waals surface area contributed by atoms with Gasteiger partial charge in [-0.2, -0.15) is 0 Å². The fourth-order valence-corrected chi connectivity index (χ4v) is 3.48. The first-order chi connectivity index (χ1) is 14.9. The van der Waals surface area contributed by atoms with E-state index in [4.69, 9.17) is 42.9 Å². The molecule has 0 bridgehead atoms. The number of carbonyl (C=O) groups is 1. The van der Waals surface area contributed by atoms with Gasteiger partial charge in [-0.3, -0.25) is 10.1 Å². The number of rotatable bonds is 9. The number of nitrogens with one attached hydrogen (secondary N) is 1. The van der Waals surface area contributed by atoms with Gasteiger partial charge in [0.05, 0.1) is 13.7 Å². The second-order valence-corrected chi connectivity index (χ2v) is 7.59. The molecule has 3 rings (SSSR count). The summed E-state index contributed by atoms with van der Waals surface area (Å²) >= 11 is 12.0. The third-order valence-corrected chi connectivity index (χ3v) is 5.00. The first-order valence-corrected chi connectivity index (χ1v) is 10.1. The Bertz CT molecular complexity index is 1040. The van der Waals surface area contributed by atoms with Crippen molar-refractivity contribution in [3.8, 4) is 28.4 Å². The summed E-state index contributed by atoms with van der Waals surface area (Å²) in [5.41, 5.74) is 2.66. The minimum absolute atomic E-state index is 0.246. The molecule has 0 heterocycles. The van der Waals surface area contributed by atoms with Crippen molar-refractivity contribution in [1.29, 1.82) is 0 Å². The predicted octanol–water partition coefficient (Wildman–Crippen LogP) is 5.00. The summed E-state index contributed by atoms with van der Waals surface area (Å²) in [5.74, 6) is 0.686. The number of hydrogen-bond donors (Lipinski definition) is 3. The largest absolute Gasteiger partial charge is 0.496 e. The van der Waals surface area contributed by atoms with Crippen LogP contribution < -0.4 is 14.8 Å². The first kappa shape index (κ1) is 22.9. The maximum absolute atomic E-state index is 11.0. The number of hydrogen-bond acceptors (Lipinski definition) is 5. The fourth-order valence-electron chi connectivity index (χ4n) is 2.97. The number of aliphatic carboxylic acids is 1. The molecule has 6 nitrogen and oxygen atoms in total. The Balaban J connectivity index is 1.74. The highest BCUT2D eigenvalue weighted by Crippen LogP contribution is 2.31. The van der Waals surface area contributed by atoms with E-state index < -0.39 is 18.6 Å². The molecule has 3 N–H and O–H groups in total. The van der Waals surface area contributed by atoms with Gasteiger partial charge in [-0.05, 0) is 47.5 Å². The Morgan fingerprint density at radius 3 is 2.19 bits per heavy atom. The summed E-state index contributed by atoms with van der Waals surface area (Å²) < 4.78 is 11.3. The predicted molar refractivity (Wildman–Crippen MR) is 120 cm³/mol. The molecule has 0 aliphatic rings. The molecule has 1 atom stereocenters. The second-order valence-electron chi connectivity index (χ2n) is 6.71. The highest BCUT2D eigenvalue weighted by molar-refractivity contribution is 6.34. The lowest BCUT2D eigenvalue weighted by molar-refractivity contribution is -0.140. The molecular formula is C23H21Cl2NO5. The van der Waals surface area contributed by atoms with Crippen molar-refractivity contribution in [1.82, 2.24) is 5.32 Å². The van der Waals surface area contributed by atoms with Crippen molar-refractivity contribution in [2.24, 2.45) is 0 Å². The molecular weight excluding hydrogens is 441 g/mol. The molecule has 162 valence electrons. The number of aliphatic hydroxyl groups excluding tert-OH is 1. The minimum atomic E-state index is -1.11. The van der Waals surface area contributed by atoms with E-state index in [9.17, 15) is 4.79 Å². The number of methoxy groups -OCH3 is 1. The van der Waals surface area contributed by atoms with Gasteiger partial charge >= 0.3 is 5.97 Å². The van der Waals surface area contributed by atoms with E-state index in [1.165, 1.54) is 0 Å². The minimum Gasteiger partial charge on any atom is -0.496 e. The van der Waals surface area contributed by atoms with E-state index in [0.29, 0.717) is 27.3 Å². The Hall–Kier alpha value is -2.77. The van der Waals surface area contributed by atoms with E-state index in [1.54, 1.807) is 25.3 Å². The van der Waals surface area contributed by atoms with Crippen LogP contribution in [0.15, 0.2) is 60.7 Å². The van der Waals surface area contributed by atoms with Gasteiger partial charge in [0, 0.05) is 22.2 Å². The standard InChI is InChI=1S/C23H21Cl2NO5/c1-30-22-8-15(2-3-16(22)12-26-21(13-27)23(28)29)14-4-6-19(7-5-14)31-20-10-17(24)9-18(25)11-20/h2-11,21,26-27H,12-13H2,1H3,(H,28,29)/t21-/m1/s1. The topological polar surface area (TPSA) is 88.0 Å². The molecule has 0 saturated carbocycles. The molecule has 3 aromatic rings. The molecule has 0 spiro atoms. The molecule has 0 amide bonds. The van der Waals surface area contributed by atoms with E-state index in [2.05, 4.69) is 5.32 Å². The summed E-state index contributed by atoms with van der Waals surface area (Å²) in [6.45, 7) is -0.249. The third kappa shape index (κ3) is 6.12. The normalized spacial score (nSPS) is 11.7. The Kier molecular flexibility index (Phi) is 7.76. The molecule has 0 aromatic heterocycles. The van der Waals surface area contributed by atoms with Crippen LogP contribution in [-0.4, -0.2) is 35.9 Å². The number of carboxylic acid groups (broad SMARTS) is 1. The molecule has 3 aromatic carbocycles. The van der Waals surface area contributed by atoms with Crippen LogP contribution in [0.3, 0.4) is 0 Å². The number of benzene rings is 3. The van der Waals surface area contributed by atoms with E-state index in [0.717, 1.165) is 16.7 Å². The van der Waals surface area contributed by atoms with Crippen molar-refractivity contribution in [3.63, 3.8) is 0 Å². The molecule has 0 saturated heterocycles. The highest BCUT2D eigenvalue weighted by Gasteiger charge is 2.16. The van der Waals surface area contributed by atoms with Gasteiger partial charge in [-0.1, -0.05) is 47.5 Å². The van der Waals surface area contributed by atoms with Crippen LogP contribution in [0.1, 0.15) is 5.56 Å². The monoisotopic (exact) mass is 461 g/mol. The molecule has 31 heavy (non-hydrogen) atoms. The van der Waals surface area contributed by atoms with Gasteiger partial charge in [-0.15, -0.1) is 0 Å². The summed E-state index contributed by atoms with van der Waals surface area (Å²) in [5, 5.41) is 22.0. The van der Waals surface area contributed by atoms with Crippen molar-refractivity contribution in [2.45, 2.75) is 12.6 Å². The van der Waals surface area contributed by atoms with Gasteiger partial charge in [0.15, 0.2) is 0 Å². The van der Waals surface area contributed by atoms with Crippen LogP contribution in [0, 0.1) is 0 Å². The maximum Gasteiger partial charge on any atom is 0.323 e. The lowest BCUT2D eigenvalue weighted by Crippen LogP contribution is -2.39. The molecule has 0 radical (unpaired) electrons. The smallest absolute Gasteiger partial charge is 0.323 e. The van der Waals surface area contributed by atoms with Crippen molar-refractivity contribution in [3.05, 3.63) is 76.3 Å². The summed E-state index contributed by atoms with van der Waals surface area (Å²) in [6, 6.07) is 17.1. The molecule has 0 aliphatic carbocycles. The zero-order valence-electron chi connectivity index (χ0n) is 16.6. The van der Waals surface area contributed by atoms with Crippen LogP contribution in [-0.2, 0) is 11.3 Å². The van der Waals surface area contributed by atoms with E-state index >= 15 is 0 Å². The van der Waals surface area contributed by atoms with Gasteiger partial charge < -0.3 is 19.7 Å². The molecule has 8 heteroatoms. The second kappa shape index (κ2) is 10.5. The summed E-state index contributed by atoms with van der Waals surface area (Å²) in [6.07, 6.45) is 0. The summed E-state index contributed by atoms with van der Waals surface area (Å²) in [4.78, 5) is 11.0. The summed E-state index contributed by atoms with van der Waals surface area (Å²) in [7, 11) is 1.55. The van der Waals surface area contributed by atoms with E-state index in [-0.39, 0.29) is 6.54 Å². The Morgan fingerprint density at radius 2 is 1.61 bits per heavy atom. The maximum atomic E-state index is 11.0. The number of halogens is 2. The van der Waals surface area contributed by atoms with Gasteiger partial charge in [0.25, 0.3) is 0 Å². The van der Waals surface area contributed by atoms with Gasteiger partial charge in [-0.25, -0.2) is 0 Å². The quantitative estimate of drug-likeness (QED) is 0.415. The molecule has 0 unspecified atom stereocenters. The van der Waals surface area contributed by atoms with Gasteiger partial charge in [0.2, 0.25) is 0 Å². The average Bonchev–Trinajstić information content (AvgIpc) is 2.74. The Labute approximate surface area is 190 Å². The zero-order valence-corrected chi connectivity index (χ0v) is 18.2. The van der Waals surface area contributed by atoms with Crippen molar-refractivity contribution >= 4 is 29.2 Å².